The number of carbonyl (C=O) groups is 1. The summed E-state index contributed by atoms with van der Waals surface area (Å²) in [6.45, 7) is 4.18. The number of carboxylic acid groups (broad SMARTS) is 1. The van der Waals surface area contributed by atoms with Crippen molar-refractivity contribution < 1.29 is 37.6 Å². The van der Waals surface area contributed by atoms with Crippen LogP contribution in [0.4, 0.5) is 4.79 Å². The van der Waals surface area contributed by atoms with Crippen molar-refractivity contribution in [3.8, 4) is 5.75 Å². The summed E-state index contributed by atoms with van der Waals surface area (Å²) in [4.78, 5) is 14.2. The molecule has 1 aliphatic carbocycles. The zero-order valence-corrected chi connectivity index (χ0v) is 24.9. The Hall–Kier alpha value is -2.70. The zero-order chi connectivity index (χ0) is 29.7. The van der Waals surface area contributed by atoms with Gasteiger partial charge in [-0.2, -0.15) is 4.31 Å². The molecule has 226 valence electrons. The number of amides is 1. The summed E-state index contributed by atoms with van der Waals surface area (Å²) < 4.78 is 45.4. The molecule has 1 heterocycles. The third-order valence-corrected chi connectivity index (χ3v) is 9.99. The van der Waals surface area contributed by atoms with E-state index in [1.165, 1.54) is 28.4 Å². The standard InChI is InChI=1S/C30H42N2O8S/c1-20(2)17-31(41(36,37)24-12-10-23(38-3)11-13-24)18-27(33)26(14-21-8-6-5-7-9-21)32(30(34)35)22-15-25-28(16-22)40-19-29(25)39-4/h5-13,20,22,25-29,33H,14-19H2,1-4H3,(H,34,35)/t22-,25+,26+,27-,28-,29-/m1/s1. The molecule has 0 bridgehead atoms. The molecule has 2 fully saturated rings. The number of benzene rings is 2. The topological polar surface area (TPSA) is 126 Å². The fraction of sp³-hybridized carbons (Fsp3) is 0.567. The van der Waals surface area contributed by atoms with Gasteiger partial charge < -0.3 is 24.4 Å². The number of hydrogen-bond donors (Lipinski definition) is 2. The highest BCUT2D eigenvalue weighted by molar-refractivity contribution is 7.89. The van der Waals surface area contributed by atoms with Crippen LogP contribution in [0.3, 0.4) is 0 Å². The van der Waals surface area contributed by atoms with Gasteiger partial charge in [0.05, 0.1) is 43.0 Å². The SMILES string of the molecule is COc1ccc(S(=O)(=O)N(CC(C)C)C[C@@H](O)[C@H](Cc2ccccc2)N(C(=O)O)[C@@H]2C[C@@H]3[C@H](OC)CO[C@@H]3C2)cc1. The van der Waals surface area contributed by atoms with Gasteiger partial charge in [-0.1, -0.05) is 44.2 Å². The minimum atomic E-state index is -4.00. The highest BCUT2D eigenvalue weighted by Gasteiger charge is 2.49. The molecule has 2 aromatic carbocycles. The van der Waals surface area contributed by atoms with Crippen molar-refractivity contribution in [3.05, 3.63) is 60.2 Å². The molecule has 2 aliphatic rings. The monoisotopic (exact) mass is 590 g/mol. The number of fused-ring (bicyclic) bond motifs is 1. The summed E-state index contributed by atoms with van der Waals surface area (Å²) in [6, 6.07) is 14.2. The Bertz CT molecular complexity index is 1240. The fourth-order valence-corrected chi connectivity index (χ4v) is 7.77. The second kappa shape index (κ2) is 13.5. The molecule has 1 saturated heterocycles. The van der Waals surface area contributed by atoms with E-state index in [2.05, 4.69) is 0 Å². The second-order valence-electron chi connectivity index (χ2n) is 11.3. The molecular weight excluding hydrogens is 548 g/mol. The Morgan fingerprint density at radius 3 is 2.32 bits per heavy atom. The Morgan fingerprint density at radius 2 is 1.73 bits per heavy atom. The van der Waals surface area contributed by atoms with Gasteiger partial charge in [0.2, 0.25) is 10.0 Å². The molecule has 1 amide bonds. The number of aliphatic hydroxyl groups excluding tert-OH is 1. The van der Waals surface area contributed by atoms with Crippen molar-refractivity contribution in [2.75, 3.05) is 33.9 Å². The molecule has 11 heteroatoms. The van der Waals surface area contributed by atoms with Crippen molar-refractivity contribution in [2.45, 2.75) is 68.4 Å². The maximum absolute atomic E-state index is 13.8. The van der Waals surface area contributed by atoms with E-state index in [9.17, 15) is 23.4 Å². The number of methoxy groups -OCH3 is 2. The Kier molecular flexibility index (Phi) is 10.3. The number of ether oxygens (including phenoxy) is 3. The molecule has 6 atom stereocenters. The van der Waals surface area contributed by atoms with Crippen LogP contribution in [0.1, 0.15) is 32.3 Å². The summed E-state index contributed by atoms with van der Waals surface area (Å²) in [5.74, 6) is 0.561. The van der Waals surface area contributed by atoms with E-state index >= 15 is 0 Å². The summed E-state index contributed by atoms with van der Waals surface area (Å²) in [5.41, 5.74) is 0.848. The van der Waals surface area contributed by atoms with Crippen LogP contribution in [-0.2, 0) is 25.9 Å². The van der Waals surface area contributed by atoms with Crippen molar-refractivity contribution >= 4 is 16.1 Å². The van der Waals surface area contributed by atoms with Crippen LogP contribution < -0.4 is 4.74 Å². The molecule has 2 N–H and O–H groups in total. The molecule has 4 rings (SSSR count). The lowest BCUT2D eigenvalue weighted by Crippen LogP contribution is -2.55. The maximum Gasteiger partial charge on any atom is 0.407 e. The lowest BCUT2D eigenvalue weighted by molar-refractivity contribution is 0.00646. The molecule has 0 aromatic heterocycles. The zero-order valence-electron chi connectivity index (χ0n) is 24.1. The summed E-state index contributed by atoms with van der Waals surface area (Å²) >= 11 is 0. The van der Waals surface area contributed by atoms with Gasteiger partial charge in [-0.3, -0.25) is 4.90 Å². The average molecular weight is 591 g/mol. The number of sulfonamides is 1. The summed E-state index contributed by atoms with van der Waals surface area (Å²) in [7, 11) is -0.858. The van der Waals surface area contributed by atoms with Gasteiger partial charge in [-0.25, -0.2) is 13.2 Å². The third-order valence-electron chi connectivity index (χ3n) is 8.14. The number of aliphatic hydroxyl groups is 1. The quantitative estimate of drug-likeness (QED) is 0.363. The fourth-order valence-electron chi connectivity index (χ4n) is 6.15. The van der Waals surface area contributed by atoms with Crippen LogP contribution in [0.15, 0.2) is 59.5 Å². The van der Waals surface area contributed by atoms with Crippen LogP contribution >= 0.6 is 0 Å². The minimum absolute atomic E-state index is 0.0318. The summed E-state index contributed by atoms with van der Waals surface area (Å²) in [5, 5.41) is 22.2. The van der Waals surface area contributed by atoms with Gasteiger partial charge in [0.1, 0.15) is 5.75 Å². The average Bonchev–Trinajstić information content (AvgIpc) is 3.53. The molecule has 0 spiro atoms. The van der Waals surface area contributed by atoms with Crippen LogP contribution in [0.2, 0.25) is 0 Å². The van der Waals surface area contributed by atoms with Crippen LogP contribution in [0, 0.1) is 11.8 Å². The molecule has 2 aromatic rings. The van der Waals surface area contributed by atoms with Gasteiger partial charge in [-0.15, -0.1) is 0 Å². The van der Waals surface area contributed by atoms with Crippen molar-refractivity contribution in [1.82, 2.24) is 9.21 Å². The predicted octanol–water partition coefficient (Wildman–Crippen LogP) is 3.49. The van der Waals surface area contributed by atoms with Gasteiger partial charge >= 0.3 is 6.09 Å². The van der Waals surface area contributed by atoms with Gasteiger partial charge in [0.15, 0.2) is 0 Å². The molecule has 1 aliphatic heterocycles. The number of hydrogen-bond acceptors (Lipinski definition) is 7. The smallest absolute Gasteiger partial charge is 0.407 e. The van der Waals surface area contributed by atoms with Crippen LogP contribution in [0.25, 0.3) is 0 Å². The van der Waals surface area contributed by atoms with Crippen LogP contribution in [0.5, 0.6) is 5.75 Å². The van der Waals surface area contributed by atoms with Gasteiger partial charge in [-0.05, 0) is 55.0 Å². The van der Waals surface area contributed by atoms with E-state index in [4.69, 9.17) is 14.2 Å². The van der Waals surface area contributed by atoms with Crippen molar-refractivity contribution in [3.63, 3.8) is 0 Å². The molecule has 0 radical (unpaired) electrons. The van der Waals surface area contributed by atoms with Crippen LogP contribution in [-0.4, -0.2) is 98.2 Å². The van der Waals surface area contributed by atoms with Crippen molar-refractivity contribution in [2.24, 2.45) is 11.8 Å². The van der Waals surface area contributed by atoms with E-state index in [0.29, 0.717) is 25.2 Å². The Morgan fingerprint density at radius 1 is 1.05 bits per heavy atom. The molecular formula is C30H42N2O8S. The lowest BCUT2D eigenvalue weighted by atomic mass is 9.96. The first-order chi connectivity index (χ1) is 19.5. The highest BCUT2D eigenvalue weighted by atomic mass is 32.2. The van der Waals surface area contributed by atoms with Crippen molar-refractivity contribution in [1.29, 1.82) is 0 Å². The van der Waals surface area contributed by atoms with E-state index in [0.717, 1.165) is 5.56 Å². The lowest BCUT2D eigenvalue weighted by Gasteiger charge is -2.39. The Labute approximate surface area is 242 Å². The predicted molar refractivity (Wildman–Crippen MR) is 153 cm³/mol. The largest absolute Gasteiger partial charge is 0.497 e. The van der Waals surface area contributed by atoms with Gasteiger partial charge in [0, 0.05) is 32.2 Å². The normalized spacial score (nSPS) is 23.9. The maximum atomic E-state index is 13.8. The highest BCUT2D eigenvalue weighted by Crippen LogP contribution is 2.41. The number of nitrogens with zero attached hydrogens (tertiary/aromatic N) is 2. The van der Waals surface area contributed by atoms with Gasteiger partial charge in [0.25, 0.3) is 0 Å². The van der Waals surface area contributed by atoms with E-state index in [1.807, 2.05) is 44.2 Å². The second-order valence-corrected chi connectivity index (χ2v) is 13.3. The van der Waals surface area contributed by atoms with E-state index in [-0.39, 0.29) is 48.4 Å². The summed E-state index contributed by atoms with van der Waals surface area (Å²) in [6.07, 6.45) is -1.40. The molecule has 0 unspecified atom stereocenters. The molecule has 10 nitrogen and oxygen atoms in total. The van der Waals surface area contributed by atoms with E-state index < -0.39 is 34.3 Å². The first-order valence-corrected chi connectivity index (χ1v) is 15.5. The molecule has 41 heavy (non-hydrogen) atoms. The van der Waals surface area contributed by atoms with E-state index in [1.54, 1.807) is 19.2 Å². The third kappa shape index (κ3) is 7.21. The molecule has 1 saturated carbocycles. The Balaban J connectivity index is 1.65. The minimum Gasteiger partial charge on any atom is -0.497 e. The first kappa shape index (κ1) is 31.2. The first-order valence-electron chi connectivity index (χ1n) is 14.1. The number of rotatable bonds is 13.